The third-order valence-electron chi connectivity index (χ3n) is 3.53. The molecule has 1 N–H and O–H groups in total. The SMILES string of the molecule is COC(=O)c1ccccc1NC(=O)/C(C#N)=C\c1ccccc1OC(C)C. The average molecular weight is 364 g/mol. The summed E-state index contributed by atoms with van der Waals surface area (Å²) < 4.78 is 10.4. The van der Waals surface area contributed by atoms with Gasteiger partial charge in [0.1, 0.15) is 17.4 Å². The number of hydrogen-bond acceptors (Lipinski definition) is 5. The number of benzene rings is 2. The third kappa shape index (κ3) is 5.19. The highest BCUT2D eigenvalue weighted by Crippen LogP contribution is 2.23. The number of amides is 1. The monoisotopic (exact) mass is 364 g/mol. The first kappa shape index (κ1) is 19.7. The van der Waals surface area contributed by atoms with Crippen molar-refractivity contribution in [2.45, 2.75) is 20.0 Å². The molecule has 0 saturated carbocycles. The van der Waals surface area contributed by atoms with E-state index >= 15 is 0 Å². The van der Waals surface area contributed by atoms with Crippen LogP contribution in [-0.2, 0) is 9.53 Å². The molecule has 0 spiro atoms. The maximum absolute atomic E-state index is 12.5. The summed E-state index contributed by atoms with van der Waals surface area (Å²) in [5.74, 6) is -0.639. The van der Waals surface area contributed by atoms with E-state index < -0.39 is 11.9 Å². The summed E-state index contributed by atoms with van der Waals surface area (Å²) in [6.45, 7) is 3.78. The Morgan fingerprint density at radius 3 is 2.44 bits per heavy atom. The Labute approximate surface area is 158 Å². The molecule has 0 heterocycles. The summed E-state index contributed by atoms with van der Waals surface area (Å²) in [4.78, 5) is 24.4. The van der Waals surface area contributed by atoms with Crippen LogP contribution in [0.1, 0.15) is 29.8 Å². The topological polar surface area (TPSA) is 88.4 Å². The van der Waals surface area contributed by atoms with E-state index in [-0.39, 0.29) is 22.9 Å². The Kier molecular flexibility index (Phi) is 6.73. The predicted molar refractivity (Wildman–Crippen MR) is 102 cm³/mol. The van der Waals surface area contributed by atoms with Crippen molar-refractivity contribution in [1.29, 1.82) is 5.26 Å². The van der Waals surface area contributed by atoms with Crippen LogP contribution >= 0.6 is 0 Å². The number of anilines is 1. The van der Waals surface area contributed by atoms with Gasteiger partial charge in [0.15, 0.2) is 0 Å². The molecule has 0 fully saturated rings. The first-order chi connectivity index (χ1) is 13.0. The van der Waals surface area contributed by atoms with Crippen molar-refractivity contribution >= 4 is 23.6 Å². The summed E-state index contributed by atoms with van der Waals surface area (Å²) in [6, 6.07) is 15.4. The lowest BCUT2D eigenvalue weighted by Crippen LogP contribution is -2.16. The first-order valence-electron chi connectivity index (χ1n) is 8.32. The molecule has 6 heteroatoms. The number of rotatable bonds is 6. The van der Waals surface area contributed by atoms with E-state index in [4.69, 9.17) is 9.47 Å². The van der Waals surface area contributed by atoms with Gasteiger partial charge in [-0.2, -0.15) is 5.26 Å². The van der Waals surface area contributed by atoms with Gasteiger partial charge in [0.2, 0.25) is 0 Å². The molecule has 0 aliphatic carbocycles. The zero-order valence-corrected chi connectivity index (χ0v) is 15.4. The van der Waals surface area contributed by atoms with Crippen molar-refractivity contribution < 1.29 is 19.1 Å². The second-order valence-corrected chi connectivity index (χ2v) is 5.87. The number of methoxy groups -OCH3 is 1. The van der Waals surface area contributed by atoms with Crippen LogP contribution < -0.4 is 10.1 Å². The Morgan fingerprint density at radius 1 is 1.11 bits per heavy atom. The summed E-state index contributed by atoms with van der Waals surface area (Å²) in [5, 5.41) is 12.0. The molecule has 0 aliphatic rings. The van der Waals surface area contributed by atoms with E-state index in [1.165, 1.54) is 19.3 Å². The van der Waals surface area contributed by atoms with E-state index in [0.29, 0.717) is 11.3 Å². The minimum Gasteiger partial charge on any atom is -0.490 e. The lowest BCUT2D eigenvalue weighted by Gasteiger charge is -2.12. The van der Waals surface area contributed by atoms with E-state index in [2.05, 4.69) is 5.32 Å². The molecule has 2 rings (SSSR count). The third-order valence-corrected chi connectivity index (χ3v) is 3.53. The number of ether oxygens (including phenoxy) is 2. The highest BCUT2D eigenvalue weighted by atomic mass is 16.5. The number of carbonyl (C=O) groups is 2. The van der Waals surface area contributed by atoms with Gasteiger partial charge in [0.25, 0.3) is 5.91 Å². The van der Waals surface area contributed by atoms with Crippen LogP contribution in [0.25, 0.3) is 6.08 Å². The number of nitrogens with one attached hydrogen (secondary N) is 1. The zero-order valence-electron chi connectivity index (χ0n) is 15.4. The predicted octanol–water partition coefficient (Wildman–Crippen LogP) is 3.81. The van der Waals surface area contributed by atoms with Crippen molar-refractivity contribution in [3.63, 3.8) is 0 Å². The quantitative estimate of drug-likeness (QED) is 0.478. The molecule has 0 saturated heterocycles. The number of esters is 1. The number of carbonyl (C=O) groups excluding carboxylic acids is 2. The minimum absolute atomic E-state index is 0.0501. The molecule has 0 aliphatic heterocycles. The van der Waals surface area contributed by atoms with Crippen molar-refractivity contribution in [2.24, 2.45) is 0 Å². The van der Waals surface area contributed by atoms with Crippen LogP contribution in [0.3, 0.4) is 0 Å². The lowest BCUT2D eigenvalue weighted by molar-refractivity contribution is -0.112. The Balaban J connectivity index is 2.32. The van der Waals surface area contributed by atoms with Crippen LogP contribution in [0.4, 0.5) is 5.69 Å². The van der Waals surface area contributed by atoms with Gasteiger partial charge < -0.3 is 14.8 Å². The Bertz CT molecular complexity index is 910. The van der Waals surface area contributed by atoms with Gasteiger partial charge in [0.05, 0.1) is 24.5 Å². The van der Waals surface area contributed by atoms with Crippen LogP contribution in [0.2, 0.25) is 0 Å². The van der Waals surface area contributed by atoms with E-state index in [0.717, 1.165) is 0 Å². The standard InChI is InChI=1S/C21H20N2O4/c1-14(2)27-19-11-7-4-8-15(19)12-16(13-22)20(24)23-18-10-6-5-9-17(18)21(25)26-3/h4-12,14H,1-3H3,(H,23,24)/b16-12-. The maximum Gasteiger partial charge on any atom is 0.339 e. The van der Waals surface area contributed by atoms with Gasteiger partial charge >= 0.3 is 5.97 Å². The van der Waals surface area contributed by atoms with Crippen molar-refractivity contribution in [1.82, 2.24) is 0 Å². The highest BCUT2D eigenvalue weighted by Gasteiger charge is 2.16. The summed E-state index contributed by atoms with van der Waals surface area (Å²) in [5.41, 5.74) is 0.963. The summed E-state index contributed by atoms with van der Waals surface area (Å²) in [6.07, 6.45) is 1.40. The van der Waals surface area contributed by atoms with E-state index in [1.807, 2.05) is 26.0 Å². The van der Waals surface area contributed by atoms with Gasteiger partial charge in [-0.3, -0.25) is 4.79 Å². The Hall–Kier alpha value is -3.59. The van der Waals surface area contributed by atoms with Gasteiger partial charge in [-0.05, 0) is 38.1 Å². The smallest absolute Gasteiger partial charge is 0.339 e. The fraction of sp³-hybridized carbons (Fsp3) is 0.190. The molecule has 27 heavy (non-hydrogen) atoms. The fourth-order valence-corrected chi connectivity index (χ4v) is 2.33. The van der Waals surface area contributed by atoms with Crippen LogP contribution in [0.5, 0.6) is 5.75 Å². The van der Waals surface area contributed by atoms with Crippen molar-refractivity contribution in [3.05, 3.63) is 65.2 Å². The molecule has 1 amide bonds. The van der Waals surface area contributed by atoms with Crippen molar-refractivity contribution in [3.8, 4) is 11.8 Å². The Morgan fingerprint density at radius 2 is 1.78 bits per heavy atom. The van der Waals surface area contributed by atoms with Gasteiger partial charge in [-0.15, -0.1) is 0 Å². The molecule has 0 radical (unpaired) electrons. The van der Waals surface area contributed by atoms with Gasteiger partial charge in [-0.1, -0.05) is 30.3 Å². The first-order valence-corrected chi connectivity index (χ1v) is 8.32. The highest BCUT2D eigenvalue weighted by molar-refractivity contribution is 6.12. The molecular formula is C21H20N2O4. The molecule has 2 aromatic rings. The van der Waals surface area contributed by atoms with E-state index in [9.17, 15) is 14.9 Å². The summed E-state index contributed by atoms with van der Waals surface area (Å²) >= 11 is 0. The average Bonchev–Trinajstić information content (AvgIpc) is 2.66. The second-order valence-electron chi connectivity index (χ2n) is 5.87. The molecule has 138 valence electrons. The maximum atomic E-state index is 12.5. The molecule has 2 aromatic carbocycles. The number of nitrogens with zero attached hydrogens (tertiary/aromatic N) is 1. The normalized spacial score (nSPS) is 10.9. The number of para-hydroxylation sites is 2. The summed E-state index contributed by atoms with van der Waals surface area (Å²) in [7, 11) is 1.26. The molecule has 0 unspecified atom stereocenters. The van der Waals surface area contributed by atoms with Crippen LogP contribution in [-0.4, -0.2) is 25.1 Å². The van der Waals surface area contributed by atoms with Gasteiger partial charge in [-0.25, -0.2) is 4.79 Å². The van der Waals surface area contributed by atoms with Crippen LogP contribution in [0.15, 0.2) is 54.1 Å². The fourth-order valence-electron chi connectivity index (χ4n) is 2.33. The molecule has 0 aromatic heterocycles. The molecule has 0 atom stereocenters. The van der Waals surface area contributed by atoms with E-state index in [1.54, 1.807) is 36.4 Å². The van der Waals surface area contributed by atoms with Crippen molar-refractivity contribution in [2.75, 3.05) is 12.4 Å². The number of hydrogen-bond donors (Lipinski definition) is 1. The largest absolute Gasteiger partial charge is 0.490 e. The molecule has 6 nitrogen and oxygen atoms in total. The zero-order chi connectivity index (χ0) is 19.8. The molecular weight excluding hydrogens is 344 g/mol. The lowest BCUT2D eigenvalue weighted by atomic mass is 10.1. The second kappa shape index (κ2) is 9.20. The number of nitriles is 1. The van der Waals surface area contributed by atoms with Crippen LogP contribution in [0, 0.1) is 11.3 Å². The van der Waals surface area contributed by atoms with Gasteiger partial charge in [0, 0.05) is 5.56 Å². The minimum atomic E-state index is -0.631. The molecule has 0 bridgehead atoms.